The molecule has 176 valence electrons. The van der Waals surface area contributed by atoms with Gasteiger partial charge in [0.25, 0.3) is 0 Å². The fraction of sp³-hybridized carbons (Fsp3) is 0.240. The lowest BCUT2D eigenvalue weighted by atomic mass is 10.0. The molecule has 1 saturated heterocycles. The van der Waals surface area contributed by atoms with Gasteiger partial charge in [-0.25, -0.2) is 9.78 Å². The molecule has 9 nitrogen and oxygen atoms in total. The molecule has 34 heavy (non-hydrogen) atoms. The van der Waals surface area contributed by atoms with Crippen molar-refractivity contribution >= 4 is 23.4 Å². The molecule has 1 aromatic heterocycles. The molecule has 3 amide bonds. The third-order valence-corrected chi connectivity index (χ3v) is 5.31. The molecule has 0 bridgehead atoms. The first kappa shape index (κ1) is 23.1. The van der Waals surface area contributed by atoms with Crippen LogP contribution in [0.3, 0.4) is 0 Å². The van der Waals surface area contributed by atoms with E-state index in [1.54, 1.807) is 30.5 Å². The standard InChI is InChI=1S/C25H27N5O4/c26-25(32)29-22(18-5-4-8-21(15-18)34-20-6-2-1-3-7-20)16-24(31)28-19-9-10-23(27-17-19)30-11-13-33-14-12-30/h1-10,15,17,22H,11-14,16H2,(H,28,31)(H3,26,29,32). The van der Waals surface area contributed by atoms with Gasteiger partial charge in [0.15, 0.2) is 0 Å². The van der Waals surface area contributed by atoms with E-state index in [9.17, 15) is 9.59 Å². The Hall–Kier alpha value is -4.11. The number of para-hydroxylation sites is 1. The van der Waals surface area contributed by atoms with Crippen LogP contribution in [0, 0.1) is 0 Å². The van der Waals surface area contributed by atoms with Crippen LogP contribution in [0.15, 0.2) is 72.9 Å². The number of benzene rings is 2. The third kappa shape index (κ3) is 6.46. The van der Waals surface area contributed by atoms with Gasteiger partial charge in [0.05, 0.1) is 37.6 Å². The summed E-state index contributed by atoms with van der Waals surface area (Å²) in [4.78, 5) is 30.9. The molecule has 3 aromatic rings. The molecule has 0 radical (unpaired) electrons. The van der Waals surface area contributed by atoms with E-state index in [2.05, 4.69) is 20.5 Å². The number of nitrogens with one attached hydrogen (secondary N) is 2. The first-order chi connectivity index (χ1) is 16.6. The van der Waals surface area contributed by atoms with E-state index >= 15 is 0 Å². The monoisotopic (exact) mass is 461 g/mol. The summed E-state index contributed by atoms with van der Waals surface area (Å²) in [6.07, 6.45) is 1.61. The van der Waals surface area contributed by atoms with Crippen LogP contribution in [-0.2, 0) is 9.53 Å². The maximum Gasteiger partial charge on any atom is 0.312 e. The number of anilines is 2. The fourth-order valence-corrected chi connectivity index (χ4v) is 3.68. The zero-order valence-electron chi connectivity index (χ0n) is 18.6. The van der Waals surface area contributed by atoms with Crippen molar-refractivity contribution in [2.24, 2.45) is 5.73 Å². The first-order valence-electron chi connectivity index (χ1n) is 11.0. The summed E-state index contributed by atoms with van der Waals surface area (Å²) in [6.45, 7) is 2.91. The van der Waals surface area contributed by atoms with Gasteiger partial charge in [0.2, 0.25) is 5.91 Å². The first-order valence-corrected chi connectivity index (χ1v) is 11.0. The van der Waals surface area contributed by atoms with Crippen LogP contribution in [0.5, 0.6) is 11.5 Å². The van der Waals surface area contributed by atoms with Crippen LogP contribution in [0.4, 0.5) is 16.3 Å². The topological polar surface area (TPSA) is 119 Å². The zero-order valence-corrected chi connectivity index (χ0v) is 18.6. The molecule has 1 unspecified atom stereocenters. The maximum absolute atomic E-state index is 12.8. The number of primary amides is 1. The number of urea groups is 1. The van der Waals surface area contributed by atoms with Crippen molar-refractivity contribution in [3.05, 3.63) is 78.5 Å². The van der Waals surface area contributed by atoms with E-state index in [0.29, 0.717) is 36.0 Å². The molecule has 2 aromatic carbocycles. The van der Waals surface area contributed by atoms with Crippen LogP contribution < -0.4 is 26.0 Å². The number of ether oxygens (including phenoxy) is 2. The molecule has 0 saturated carbocycles. The fourth-order valence-electron chi connectivity index (χ4n) is 3.68. The summed E-state index contributed by atoms with van der Waals surface area (Å²) in [5, 5.41) is 5.48. The highest BCUT2D eigenvalue weighted by molar-refractivity contribution is 5.91. The quantitative estimate of drug-likeness (QED) is 0.473. The SMILES string of the molecule is NC(=O)NC(CC(=O)Nc1ccc(N2CCOCC2)nc1)c1cccc(Oc2ccccc2)c1. The van der Waals surface area contributed by atoms with E-state index < -0.39 is 12.1 Å². The van der Waals surface area contributed by atoms with Crippen molar-refractivity contribution in [1.29, 1.82) is 0 Å². The molecule has 4 N–H and O–H groups in total. The summed E-state index contributed by atoms with van der Waals surface area (Å²) >= 11 is 0. The number of carbonyl (C=O) groups is 2. The lowest BCUT2D eigenvalue weighted by Crippen LogP contribution is -2.36. The van der Waals surface area contributed by atoms with Crippen molar-refractivity contribution in [2.75, 3.05) is 36.5 Å². The number of pyridine rings is 1. The highest BCUT2D eigenvalue weighted by atomic mass is 16.5. The number of amides is 3. The van der Waals surface area contributed by atoms with Crippen LogP contribution in [0.25, 0.3) is 0 Å². The summed E-state index contributed by atoms with van der Waals surface area (Å²) in [6, 6.07) is 18.9. The third-order valence-electron chi connectivity index (χ3n) is 5.31. The van der Waals surface area contributed by atoms with Crippen LogP contribution in [-0.4, -0.2) is 43.2 Å². The Kier molecular flexibility index (Phi) is 7.56. The van der Waals surface area contributed by atoms with E-state index in [1.165, 1.54) is 0 Å². The van der Waals surface area contributed by atoms with Crippen LogP contribution in [0.1, 0.15) is 18.0 Å². The minimum Gasteiger partial charge on any atom is -0.457 e. The number of aromatic nitrogens is 1. The van der Waals surface area contributed by atoms with Crippen molar-refractivity contribution in [3.8, 4) is 11.5 Å². The number of morpholine rings is 1. The van der Waals surface area contributed by atoms with Gasteiger partial charge in [-0.1, -0.05) is 30.3 Å². The highest BCUT2D eigenvalue weighted by Gasteiger charge is 2.19. The second-order valence-corrected chi connectivity index (χ2v) is 7.81. The molecule has 1 aliphatic heterocycles. The van der Waals surface area contributed by atoms with Crippen molar-refractivity contribution in [1.82, 2.24) is 10.3 Å². The summed E-state index contributed by atoms with van der Waals surface area (Å²) in [5.74, 6) is 1.83. The van der Waals surface area contributed by atoms with Gasteiger partial charge >= 0.3 is 6.03 Å². The lowest BCUT2D eigenvalue weighted by Gasteiger charge is -2.27. The lowest BCUT2D eigenvalue weighted by molar-refractivity contribution is -0.116. The maximum atomic E-state index is 12.8. The highest BCUT2D eigenvalue weighted by Crippen LogP contribution is 2.26. The Bertz CT molecular complexity index is 1100. The normalized spacial score (nSPS) is 14.2. The van der Waals surface area contributed by atoms with E-state index in [1.807, 2.05) is 42.5 Å². The number of nitrogens with zero attached hydrogens (tertiary/aromatic N) is 2. The molecular formula is C25H27N5O4. The van der Waals surface area contributed by atoms with Crippen molar-refractivity contribution < 1.29 is 19.1 Å². The van der Waals surface area contributed by atoms with E-state index in [0.717, 1.165) is 18.9 Å². The second-order valence-electron chi connectivity index (χ2n) is 7.81. The van der Waals surface area contributed by atoms with Gasteiger partial charge in [-0.2, -0.15) is 0 Å². The van der Waals surface area contributed by atoms with Gasteiger partial charge in [0.1, 0.15) is 17.3 Å². The predicted octanol–water partition coefficient (Wildman–Crippen LogP) is 3.45. The second kappa shape index (κ2) is 11.2. The number of carbonyl (C=O) groups excluding carboxylic acids is 2. The Labute approximate surface area is 197 Å². The van der Waals surface area contributed by atoms with Gasteiger partial charge in [-0.15, -0.1) is 0 Å². The molecule has 0 aliphatic carbocycles. The summed E-state index contributed by atoms with van der Waals surface area (Å²) < 4.78 is 11.2. The van der Waals surface area contributed by atoms with E-state index in [4.69, 9.17) is 15.2 Å². The van der Waals surface area contributed by atoms with Gasteiger partial charge in [-0.05, 0) is 42.0 Å². The molecule has 1 aliphatic rings. The van der Waals surface area contributed by atoms with E-state index in [-0.39, 0.29) is 12.3 Å². The predicted molar refractivity (Wildman–Crippen MR) is 129 cm³/mol. The molecule has 9 heteroatoms. The number of hydrogen-bond acceptors (Lipinski definition) is 6. The zero-order chi connectivity index (χ0) is 23.8. The largest absolute Gasteiger partial charge is 0.457 e. The number of hydrogen-bond donors (Lipinski definition) is 3. The van der Waals surface area contributed by atoms with Crippen molar-refractivity contribution in [2.45, 2.75) is 12.5 Å². The molecule has 0 spiro atoms. The Morgan fingerprint density at radius 1 is 1.03 bits per heavy atom. The minimum absolute atomic E-state index is 0.0110. The summed E-state index contributed by atoms with van der Waals surface area (Å²) in [5.41, 5.74) is 6.64. The molecule has 4 rings (SSSR count). The number of nitrogens with two attached hydrogens (primary N) is 1. The molecule has 1 fully saturated rings. The van der Waals surface area contributed by atoms with Gasteiger partial charge in [0, 0.05) is 13.1 Å². The Morgan fingerprint density at radius 2 is 1.79 bits per heavy atom. The Morgan fingerprint density at radius 3 is 2.50 bits per heavy atom. The average molecular weight is 462 g/mol. The average Bonchev–Trinajstić information content (AvgIpc) is 2.85. The van der Waals surface area contributed by atoms with Crippen LogP contribution in [0.2, 0.25) is 0 Å². The smallest absolute Gasteiger partial charge is 0.312 e. The molecule has 1 atom stereocenters. The van der Waals surface area contributed by atoms with Crippen molar-refractivity contribution in [3.63, 3.8) is 0 Å². The Balaban J connectivity index is 1.41. The van der Waals surface area contributed by atoms with Gasteiger partial charge < -0.3 is 30.7 Å². The number of rotatable bonds is 8. The summed E-state index contributed by atoms with van der Waals surface area (Å²) in [7, 11) is 0. The van der Waals surface area contributed by atoms with Crippen LogP contribution >= 0.6 is 0 Å². The molecule has 2 heterocycles. The minimum atomic E-state index is -0.719. The molecular weight excluding hydrogens is 434 g/mol. The van der Waals surface area contributed by atoms with Gasteiger partial charge in [-0.3, -0.25) is 4.79 Å².